The smallest absolute Gasteiger partial charge is 0.248 e. The number of carbonyl (C=O) groups is 1. The highest BCUT2D eigenvalue weighted by Crippen LogP contribution is 2.24. The number of hydrogen-bond donors (Lipinski definition) is 3. The first-order valence-corrected chi connectivity index (χ1v) is 6.04. The van der Waals surface area contributed by atoms with Gasteiger partial charge in [-0.05, 0) is 24.1 Å². The number of aliphatic hydroxyl groups excluding tert-OH is 1. The number of carbonyl (C=O) groups excluding carboxylic acids is 1. The van der Waals surface area contributed by atoms with Crippen LogP contribution in [0.1, 0.15) is 36.2 Å². The quantitative estimate of drug-likeness (QED) is 0.759. The summed E-state index contributed by atoms with van der Waals surface area (Å²) < 4.78 is 5.44. The fourth-order valence-electron chi connectivity index (χ4n) is 1.75. The maximum absolute atomic E-state index is 11.1. The van der Waals surface area contributed by atoms with Crippen molar-refractivity contribution < 1.29 is 14.3 Å². The van der Waals surface area contributed by atoms with Gasteiger partial charge in [0.05, 0.1) is 0 Å². The van der Waals surface area contributed by atoms with Crippen LogP contribution in [0.2, 0.25) is 0 Å². The summed E-state index contributed by atoms with van der Waals surface area (Å²) in [7, 11) is 0. The second kappa shape index (κ2) is 4.99. The Morgan fingerprint density at radius 2 is 2.11 bits per heavy atom. The molecular formula is C13H17N3O3. The molecule has 1 heterocycles. The molecule has 1 aromatic carbocycles. The van der Waals surface area contributed by atoms with Gasteiger partial charge in [-0.25, -0.2) is 4.98 Å². The predicted molar refractivity (Wildman–Crippen MR) is 70.3 cm³/mol. The number of rotatable bonds is 4. The molecule has 0 aliphatic carbocycles. The molecule has 0 radical (unpaired) electrons. The Hall–Kier alpha value is -1.92. The molecule has 0 aliphatic rings. The van der Waals surface area contributed by atoms with Crippen LogP contribution in [0, 0.1) is 5.92 Å². The molecule has 0 saturated carbocycles. The Labute approximate surface area is 110 Å². The zero-order valence-corrected chi connectivity index (χ0v) is 10.8. The zero-order valence-electron chi connectivity index (χ0n) is 10.8. The number of fused-ring (bicyclic) bond motifs is 1. The van der Waals surface area contributed by atoms with E-state index in [1.54, 1.807) is 12.1 Å². The number of benzene rings is 1. The molecule has 1 aromatic heterocycles. The number of aromatic nitrogens is 1. The molecule has 1 unspecified atom stereocenters. The maximum atomic E-state index is 11.1. The summed E-state index contributed by atoms with van der Waals surface area (Å²) in [5, 5.41) is 10.1. The van der Waals surface area contributed by atoms with Crippen molar-refractivity contribution in [2.45, 2.75) is 26.0 Å². The van der Waals surface area contributed by atoms with Gasteiger partial charge >= 0.3 is 0 Å². The van der Waals surface area contributed by atoms with Crippen LogP contribution in [0.25, 0.3) is 11.1 Å². The van der Waals surface area contributed by atoms with Gasteiger partial charge < -0.3 is 21.0 Å². The molecule has 0 bridgehead atoms. The summed E-state index contributed by atoms with van der Waals surface area (Å²) in [6.07, 6.45) is -0.982. The van der Waals surface area contributed by atoms with Crippen molar-refractivity contribution in [1.29, 1.82) is 0 Å². The highest BCUT2D eigenvalue weighted by molar-refractivity contribution is 5.95. The van der Waals surface area contributed by atoms with Crippen LogP contribution in [-0.2, 0) is 0 Å². The zero-order chi connectivity index (χ0) is 14.2. The van der Waals surface area contributed by atoms with E-state index in [4.69, 9.17) is 15.9 Å². The van der Waals surface area contributed by atoms with E-state index < -0.39 is 18.1 Å². The predicted octanol–water partition coefficient (Wildman–Crippen LogP) is 0.943. The van der Waals surface area contributed by atoms with E-state index in [1.807, 2.05) is 13.8 Å². The first-order chi connectivity index (χ1) is 8.90. The van der Waals surface area contributed by atoms with Gasteiger partial charge in [-0.1, -0.05) is 13.8 Å². The summed E-state index contributed by atoms with van der Waals surface area (Å²) in [4.78, 5) is 15.2. The van der Waals surface area contributed by atoms with E-state index in [0.29, 0.717) is 16.7 Å². The summed E-state index contributed by atoms with van der Waals surface area (Å²) in [6, 6.07) is 4.20. The van der Waals surface area contributed by atoms with Crippen LogP contribution >= 0.6 is 0 Å². The Morgan fingerprint density at radius 1 is 1.42 bits per heavy atom. The van der Waals surface area contributed by atoms with E-state index in [0.717, 1.165) is 0 Å². The van der Waals surface area contributed by atoms with E-state index in [-0.39, 0.29) is 11.8 Å². The number of nitrogens with two attached hydrogens (primary N) is 2. The molecule has 0 saturated heterocycles. The van der Waals surface area contributed by atoms with Crippen molar-refractivity contribution in [3.63, 3.8) is 0 Å². The van der Waals surface area contributed by atoms with Gasteiger partial charge in [-0.2, -0.15) is 0 Å². The second-order valence-corrected chi connectivity index (χ2v) is 4.87. The molecule has 2 atom stereocenters. The topological polar surface area (TPSA) is 115 Å². The van der Waals surface area contributed by atoms with Gasteiger partial charge in [0.25, 0.3) is 0 Å². The van der Waals surface area contributed by atoms with Crippen LogP contribution in [0.4, 0.5) is 0 Å². The highest BCUT2D eigenvalue weighted by Gasteiger charge is 2.25. The van der Waals surface area contributed by atoms with Gasteiger partial charge in [-0.3, -0.25) is 4.79 Å². The first-order valence-electron chi connectivity index (χ1n) is 6.04. The molecule has 6 heteroatoms. The van der Waals surface area contributed by atoms with Gasteiger partial charge in [-0.15, -0.1) is 0 Å². The number of primary amides is 1. The Kier molecular flexibility index (Phi) is 3.55. The van der Waals surface area contributed by atoms with Crippen molar-refractivity contribution >= 4 is 17.0 Å². The van der Waals surface area contributed by atoms with E-state index in [2.05, 4.69) is 4.98 Å². The molecule has 0 spiro atoms. The maximum Gasteiger partial charge on any atom is 0.248 e. The van der Waals surface area contributed by atoms with Gasteiger partial charge in [0, 0.05) is 11.6 Å². The third kappa shape index (κ3) is 2.59. The van der Waals surface area contributed by atoms with Gasteiger partial charge in [0.1, 0.15) is 11.6 Å². The molecule has 5 N–H and O–H groups in total. The lowest BCUT2D eigenvalue weighted by molar-refractivity contribution is 0.0991. The summed E-state index contributed by atoms with van der Waals surface area (Å²) in [5.41, 5.74) is 12.4. The lowest BCUT2D eigenvalue weighted by atomic mass is 10.00. The number of nitrogens with zero attached hydrogens (tertiary/aromatic N) is 1. The van der Waals surface area contributed by atoms with Crippen LogP contribution < -0.4 is 11.5 Å². The minimum Gasteiger partial charge on any atom is -0.438 e. The lowest BCUT2D eigenvalue weighted by Crippen LogP contribution is -2.33. The van der Waals surface area contributed by atoms with E-state index in [9.17, 15) is 9.90 Å². The Morgan fingerprint density at radius 3 is 2.68 bits per heavy atom. The number of hydrogen-bond acceptors (Lipinski definition) is 5. The van der Waals surface area contributed by atoms with Crippen LogP contribution in [-0.4, -0.2) is 22.0 Å². The minimum atomic E-state index is -0.982. The normalized spacial score (nSPS) is 14.8. The average molecular weight is 263 g/mol. The van der Waals surface area contributed by atoms with Crippen molar-refractivity contribution in [3.05, 3.63) is 29.7 Å². The molecule has 6 nitrogen and oxygen atoms in total. The first kappa shape index (κ1) is 13.5. The Bertz CT molecular complexity index is 606. The third-order valence-electron chi connectivity index (χ3n) is 3.08. The SMILES string of the molecule is CC(C)[C@H](N)C(O)c1nc2cc(C(N)=O)ccc2o1. The van der Waals surface area contributed by atoms with Crippen molar-refractivity contribution in [3.8, 4) is 0 Å². The third-order valence-corrected chi connectivity index (χ3v) is 3.08. The number of aliphatic hydroxyl groups is 1. The Balaban J connectivity index is 2.38. The molecule has 1 amide bonds. The standard InChI is InChI=1S/C13H17N3O3/c1-6(2)10(14)11(17)13-16-8-5-7(12(15)18)3-4-9(8)19-13/h3-6,10-11,17H,14H2,1-2H3,(H2,15,18)/t10-,11?/m0/s1. The summed E-state index contributed by atoms with van der Waals surface area (Å²) in [6.45, 7) is 3.81. The van der Waals surface area contributed by atoms with Gasteiger partial charge in [0.15, 0.2) is 5.58 Å². The molecule has 2 rings (SSSR count). The molecular weight excluding hydrogens is 246 g/mol. The van der Waals surface area contributed by atoms with Crippen molar-refractivity contribution in [2.75, 3.05) is 0 Å². The lowest BCUT2D eigenvalue weighted by Gasteiger charge is -2.19. The fourth-order valence-corrected chi connectivity index (χ4v) is 1.75. The largest absolute Gasteiger partial charge is 0.438 e. The fraction of sp³-hybridized carbons (Fsp3) is 0.385. The van der Waals surface area contributed by atoms with Crippen molar-refractivity contribution in [2.24, 2.45) is 17.4 Å². The van der Waals surface area contributed by atoms with E-state index in [1.165, 1.54) is 6.07 Å². The summed E-state index contributed by atoms with van der Waals surface area (Å²) in [5.74, 6) is -0.296. The monoisotopic (exact) mass is 263 g/mol. The number of amides is 1. The molecule has 0 aliphatic heterocycles. The number of oxazole rings is 1. The average Bonchev–Trinajstić information content (AvgIpc) is 2.79. The molecule has 102 valence electrons. The van der Waals surface area contributed by atoms with Gasteiger partial charge in [0.2, 0.25) is 11.8 Å². The van der Waals surface area contributed by atoms with E-state index >= 15 is 0 Å². The molecule has 0 fully saturated rings. The summed E-state index contributed by atoms with van der Waals surface area (Å²) >= 11 is 0. The van der Waals surface area contributed by atoms with Crippen molar-refractivity contribution in [1.82, 2.24) is 4.98 Å². The highest BCUT2D eigenvalue weighted by atomic mass is 16.4. The minimum absolute atomic E-state index is 0.0891. The molecule has 2 aromatic rings. The second-order valence-electron chi connectivity index (χ2n) is 4.87. The van der Waals surface area contributed by atoms with Crippen LogP contribution in [0.5, 0.6) is 0 Å². The molecule has 19 heavy (non-hydrogen) atoms. The van der Waals surface area contributed by atoms with Crippen LogP contribution in [0.15, 0.2) is 22.6 Å². The van der Waals surface area contributed by atoms with Crippen LogP contribution in [0.3, 0.4) is 0 Å².